The lowest BCUT2D eigenvalue weighted by atomic mass is 9.87. The first-order valence-corrected chi connectivity index (χ1v) is 8.96. The van der Waals surface area contributed by atoms with Crippen LogP contribution >= 0.6 is 0 Å². The Labute approximate surface area is 160 Å². The van der Waals surface area contributed by atoms with Gasteiger partial charge in [0.1, 0.15) is 17.1 Å². The Bertz CT molecular complexity index is 832. The van der Waals surface area contributed by atoms with E-state index in [1.807, 2.05) is 0 Å². The lowest BCUT2D eigenvalue weighted by Gasteiger charge is -2.28. The van der Waals surface area contributed by atoms with Crippen molar-refractivity contribution >= 4 is 23.4 Å². The summed E-state index contributed by atoms with van der Waals surface area (Å²) >= 11 is 0. The number of amides is 1. The molecule has 0 aromatic carbocycles. The van der Waals surface area contributed by atoms with Gasteiger partial charge in [-0.1, -0.05) is 6.92 Å². The highest BCUT2D eigenvalue weighted by molar-refractivity contribution is 5.90. The average Bonchev–Trinajstić information content (AvgIpc) is 2.63. The van der Waals surface area contributed by atoms with Gasteiger partial charge >= 0.3 is 6.18 Å². The third-order valence-corrected chi connectivity index (χ3v) is 4.72. The third-order valence-electron chi connectivity index (χ3n) is 4.72. The Morgan fingerprint density at radius 1 is 1.14 bits per heavy atom. The third kappa shape index (κ3) is 4.87. The van der Waals surface area contributed by atoms with E-state index in [1.165, 1.54) is 18.3 Å². The predicted molar refractivity (Wildman–Crippen MR) is 98.1 cm³/mol. The number of anilines is 3. The van der Waals surface area contributed by atoms with Gasteiger partial charge in [0.05, 0.1) is 11.9 Å². The van der Waals surface area contributed by atoms with Crippen molar-refractivity contribution in [2.45, 2.75) is 44.8 Å². The lowest BCUT2D eigenvalue weighted by Crippen LogP contribution is -2.27. The SMILES string of the molecule is C[C@H]1CC[C@H](Nc2nc(Nc3ccc(C(N)=O)nc3)ncc2C(F)(F)F)CC1. The molecule has 3 rings (SSSR count). The number of halogens is 3. The van der Waals surface area contributed by atoms with Gasteiger partial charge in [0.15, 0.2) is 0 Å². The number of rotatable bonds is 5. The van der Waals surface area contributed by atoms with Crippen molar-refractivity contribution in [3.05, 3.63) is 35.8 Å². The molecule has 0 spiro atoms. The highest BCUT2D eigenvalue weighted by atomic mass is 19.4. The molecule has 0 atom stereocenters. The average molecular weight is 394 g/mol. The molecular weight excluding hydrogens is 373 g/mol. The van der Waals surface area contributed by atoms with Crippen molar-refractivity contribution in [1.82, 2.24) is 15.0 Å². The van der Waals surface area contributed by atoms with Gasteiger partial charge in [-0.2, -0.15) is 18.2 Å². The largest absolute Gasteiger partial charge is 0.421 e. The Morgan fingerprint density at radius 2 is 1.86 bits per heavy atom. The summed E-state index contributed by atoms with van der Waals surface area (Å²) in [4.78, 5) is 22.7. The summed E-state index contributed by atoms with van der Waals surface area (Å²) in [5.74, 6) is -0.344. The summed E-state index contributed by atoms with van der Waals surface area (Å²) in [7, 11) is 0. The van der Waals surface area contributed by atoms with E-state index in [4.69, 9.17) is 5.73 Å². The van der Waals surface area contributed by atoms with E-state index in [0.29, 0.717) is 11.6 Å². The maximum Gasteiger partial charge on any atom is 0.421 e. The molecule has 0 saturated heterocycles. The first-order valence-electron chi connectivity index (χ1n) is 8.96. The van der Waals surface area contributed by atoms with Crippen molar-refractivity contribution in [2.75, 3.05) is 10.6 Å². The highest BCUT2D eigenvalue weighted by Crippen LogP contribution is 2.35. The van der Waals surface area contributed by atoms with Gasteiger partial charge in [-0.15, -0.1) is 0 Å². The van der Waals surface area contributed by atoms with Crippen LogP contribution in [0.25, 0.3) is 0 Å². The van der Waals surface area contributed by atoms with E-state index >= 15 is 0 Å². The fourth-order valence-electron chi connectivity index (χ4n) is 3.10. The first-order chi connectivity index (χ1) is 13.2. The highest BCUT2D eigenvalue weighted by Gasteiger charge is 2.36. The second kappa shape index (κ2) is 7.99. The van der Waals surface area contributed by atoms with E-state index in [0.717, 1.165) is 31.9 Å². The van der Waals surface area contributed by atoms with Crippen LogP contribution in [0.4, 0.5) is 30.6 Å². The molecule has 0 radical (unpaired) electrons. The van der Waals surface area contributed by atoms with Crippen molar-refractivity contribution in [1.29, 1.82) is 0 Å². The van der Waals surface area contributed by atoms with Crippen LogP contribution in [0.5, 0.6) is 0 Å². The van der Waals surface area contributed by atoms with Crippen LogP contribution in [0, 0.1) is 5.92 Å². The Hall–Kier alpha value is -2.91. The summed E-state index contributed by atoms with van der Waals surface area (Å²) in [6.45, 7) is 2.14. The molecule has 2 heterocycles. The molecule has 4 N–H and O–H groups in total. The Kier molecular flexibility index (Phi) is 5.66. The number of alkyl halides is 3. The van der Waals surface area contributed by atoms with Crippen molar-refractivity contribution in [2.24, 2.45) is 11.7 Å². The maximum atomic E-state index is 13.3. The number of nitrogens with two attached hydrogens (primary N) is 1. The number of hydrogen-bond donors (Lipinski definition) is 3. The van der Waals surface area contributed by atoms with Gasteiger partial charge in [-0.25, -0.2) is 9.97 Å². The summed E-state index contributed by atoms with van der Waals surface area (Å²) in [5, 5.41) is 5.73. The minimum atomic E-state index is -4.56. The fourth-order valence-corrected chi connectivity index (χ4v) is 3.10. The van der Waals surface area contributed by atoms with E-state index in [9.17, 15) is 18.0 Å². The number of carbonyl (C=O) groups excluding carboxylic acids is 1. The van der Waals surface area contributed by atoms with Gasteiger partial charge in [0.25, 0.3) is 5.91 Å². The van der Waals surface area contributed by atoms with Gasteiger partial charge in [-0.05, 0) is 43.7 Å². The zero-order chi connectivity index (χ0) is 20.3. The van der Waals surface area contributed by atoms with Crippen LogP contribution in [0.2, 0.25) is 0 Å². The smallest absolute Gasteiger partial charge is 0.367 e. The van der Waals surface area contributed by atoms with Crippen LogP contribution in [0.15, 0.2) is 24.5 Å². The van der Waals surface area contributed by atoms with Crippen molar-refractivity contribution in [3.8, 4) is 0 Å². The molecule has 0 aliphatic heterocycles. The number of pyridine rings is 1. The molecule has 0 unspecified atom stereocenters. The Morgan fingerprint density at radius 3 is 2.43 bits per heavy atom. The molecule has 1 amide bonds. The van der Waals surface area contributed by atoms with Gasteiger partial charge < -0.3 is 16.4 Å². The number of primary amides is 1. The molecule has 1 saturated carbocycles. The van der Waals surface area contributed by atoms with Crippen molar-refractivity contribution in [3.63, 3.8) is 0 Å². The minimum Gasteiger partial charge on any atom is -0.367 e. The summed E-state index contributed by atoms with van der Waals surface area (Å²) in [6, 6.07) is 2.86. The molecule has 28 heavy (non-hydrogen) atoms. The molecule has 1 aliphatic rings. The Balaban J connectivity index is 1.81. The molecule has 1 aliphatic carbocycles. The van der Waals surface area contributed by atoms with Crippen LogP contribution in [-0.4, -0.2) is 26.9 Å². The minimum absolute atomic E-state index is 0.00620. The normalized spacial score (nSPS) is 19.9. The molecular formula is C18H21F3N6O. The van der Waals surface area contributed by atoms with Crippen LogP contribution < -0.4 is 16.4 Å². The second-order valence-corrected chi connectivity index (χ2v) is 6.98. The number of hydrogen-bond acceptors (Lipinski definition) is 6. The predicted octanol–water partition coefficient (Wildman–Crippen LogP) is 3.72. The van der Waals surface area contributed by atoms with Crippen molar-refractivity contribution < 1.29 is 18.0 Å². The zero-order valence-corrected chi connectivity index (χ0v) is 15.3. The van der Waals surface area contributed by atoms with Crippen LogP contribution in [0.1, 0.15) is 48.7 Å². The summed E-state index contributed by atoms with van der Waals surface area (Å²) in [5.41, 5.74) is 4.72. The first kappa shape index (κ1) is 19.8. The standard InChI is InChI=1S/C18H21F3N6O/c1-10-2-4-11(5-3-10)25-16-13(18(19,20)21)9-24-17(27-16)26-12-6-7-14(15(22)28)23-8-12/h6-11H,2-5H2,1H3,(H2,22,28)(H2,24,25,26,27)/t10-,11-. The summed E-state index contributed by atoms with van der Waals surface area (Å²) < 4.78 is 40.0. The maximum absolute atomic E-state index is 13.3. The van der Waals surface area contributed by atoms with E-state index < -0.39 is 17.6 Å². The van der Waals surface area contributed by atoms with Crippen LogP contribution in [0.3, 0.4) is 0 Å². The molecule has 2 aromatic rings. The van der Waals surface area contributed by atoms with Crippen LogP contribution in [-0.2, 0) is 6.18 Å². The number of nitrogens with zero attached hydrogens (tertiary/aromatic N) is 3. The van der Waals surface area contributed by atoms with Gasteiger partial charge in [0.2, 0.25) is 5.95 Å². The van der Waals surface area contributed by atoms with Gasteiger partial charge in [-0.3, -0.25) is 4.79 Å². The molecule has 1 fully saturated rings. The van der Waals surface area contributed by atoms with E-state index in [-0.39, 0.29) is 23.5 Å². The second-order valence-electron chi connectivity index (χ2n) is 6.98. The fraction of sp³-hybridized carbons (Fsp3) is 0.444. The molecule has 2 aromatic heterocycles. The quantitative estimate of drug-likeness (QED) is 0.714. The van der Waals surface area contributed by atoms with E-state index in [2.05, 4.69) is 32.5 Å². The number of carbonyl (C=O) groups is 1. The molecule has 7 nitrogen and oxygen atoms in total. The van der Waals surface area contributed by atoms with E-state index in [1.54, 1.807) is 0 Å². The molecule has 10 heteroatoms. The zero-order valence-electron chi connectivity index (χ0n) is 15.3. The van der Waals surface area contributed by atoms with Gasteiger partial charge in [0, 0.05) is 12.2 Å². The molecule has 0 bridgehead atoms. The lowest BCUT2D eigenvalue weighted by molar-refractivity contribution is -0.137. The number of nitrogens with one attached hydrogen (secondary N) is 2. The monoisotopic (exact) mass is 394 g/mol. The topological polar surface area (TPSA) is 106 Å². The molecule has 150 valence electrons. The number of aromatic nitrogens is 3. The summed E-state index contributed by atoms with van der Waals surface area (Å²) in [6.07, 6.45) is 1.05.